The van der Waals surface area contributed by atoms with Crippen molar-refractivity contribution < 1.29 is 28.9 Å². The van der Waals surface area contributed by atoms with E-state index >= 15 is 0 Å². The summed E-state index contributed by atoms with van der Waals surface area (Å²) in [5, 5.41) is 11.5. The van der Waals surface area contributed by atoms with Crippen LogP contribution in [0.1, 0.15) is 76.1 Å². The van der Waals surface area contributed by atoms with Crippen molar-refractivity contribution in [2.24, 2.45) is 0 Å². The largest absolute Gasteiger partial charge is 0.507 e. The third-order valence-corrected chi connectivity index (χ3v) is 7.51. The molecule has 1 unspecified atom stereocenters. The number of hydrogen-bond donors (Lipinski definition) is 1. The number of aliphatic hydroxyl groups is 1. The van der Waals surface area contributed by atoms with Gasteiger partial charge in [0.2, 0.25) is 0 Å². The maximum absolute atomic E-state index is 13.5. The van der Waals surface area contributed by atoms with Crippen LogP contribution in [0.15, 0.2) is 42.0 Å². The molecule has 0 bridgehead atoms. The van der Waals surface area contributed by atoms with E-state index in [1.54, 1.807) is 36.3 Å². The van der Waals surface area contributed by atoms with Gasteiger partial charge in [-0.1, -0.05) is 46.6 Å². The highest BCUT2D eigenvalue weighted by atomic mass is 16.5. The fourth-order valence-electron chi connectivity index (χ4n) is 5.08. The minimum absolute atomic E-state index is 0.0647. The van der Waals surface area contributed by atoms with Gasteiger partial charge in [0.25, 0.3) is 11.7 Å². The molecule has 41 heavy (non-hydrogen) atoms. The van der Waals surface area contributed by atoms with Crippen LogP contribution in [-0.4, -0.2) is 73.1 Å². The number of aliphatic hydroxyl groups excluding tert-OH is 1. The monoisotopic (exact) mass is 566 g/mol. The summed E-state index contributed by atoms with van der Waals surface area (Å²) in [5.41, 5.74) is 2.03. The van der Waals surface area contributed by atoms with Crippen molar-refractivity contribution >= 4 is 17.4 Å². The number of amides is 1. The van der Waals surface area contributed by atoms with Crippen molar-refractivity contribution in [1.82, 2.24) is 9.80 Å². The molecule has 1 aliphatic rings. The number of nitrogens with zero attached hydrogens (tertiary/aromatic N) is 2. The second kappa shape index (κ2) is 15.5. The molecule has 1 fully saturated rings. The van der Waals surface area contributed by atoms with Gasteiger partial charge in [0.15, 0.2) is 11.5 Å². The zero-order valence-electron chi connectivity index (χ0n) is 25.5. The second-order valence-electron chi connectivity index (χ2n) is 10.3. The number of unbranched alkanes of at least 4 members (excludes halogenated alkanes) is 2. The van der Waals surface area contributed by atoms with Crippen LogP contribution in [0.3, 0.4) is 0 Å². The number of likely N-dealkylation sites (tertiary alicyclic amines) is 1. The van der Waals surface area contributed by atoms with Gasteiger partial charge in [0.05, 0.1) is 31.9 Å². The number of carbonyl (C=O) groups is 2. The Hall–Kier alpha value is -3.52. The molecule has 0 radical (unpaired) electrons. The van der Waals surface area contributed by atoms with E-state index in [0.29, 0.717) is 48.9 Å². The van der Waals surface area contributed by atoms with Gasteiger partial charge in [-0.25, -0.2) is 0 Å². The predicted octanol–water partition coefficient (Wildman–Crippen LogP) is 6.12. The number of hydrogen-bond acceptors (Lipinski definition) is 7. The standard InChI is InChI=1S/C33H46N2O6/c1-7-11-12-20-41-27-16-13-24(22-28(27)39-6)30-29(32(37)33(38)35(30)18-17-34(9-3)10-4)31(36)25-14-15-26(23(5)21-25)40-19-8-2/h13-16,21-22,30,36H,7-12,17-20H2,1-6H3. The molecule has 224 valence electrons. The van der Waals surface area contributed by atoms with Crippen molar-refractivity contribution in [2.75, 3.05) is 46.5 Å². The van der Waals surface area contributed by atoms with E-state index in [1.807, 2.05) is 26.0 Å². The van der Waals surface area contributed by atoms with E-state index < -0.39 is 17.7 Å². The van der Waals surface area contributed by atoms with Crippen LogP contribution in [0.5, 0.6) is 17.2 Å². The molecular formula is C33H46N2O6. The molecular weight excluding hydrogens is 520 g/mol. The molecule has 1 heterocycles. The Morgan fingerprint density at radius 1 is 0.902 bits per heavy atom. The van der Waals surface area contributed by atoms with Crippen molar-refractivity contribution in [3.8, 4) is 17.2 Å². The lowest BCUT2D eigenvalue weighted by atomic mass is 9.94. The topological polar surface area (TPSA) is 88.5 Å². The second-order valence-corrected chi connectivity index (χ2v) is 10.3. The number of ketones is 1. The van der Waals surface area contributed by atoms with Gasteiger partial charge in [-0.3, -0.25) is 9.59 Å². The molecule has 1 aliphatic heterocycles. The van der Waals surface area contributed by atoms with Crippen LogP contribution >= 0.6 is 0 Å². The van der Waals surface area contributed by atoms with Gasteiger partial charge < -0.3 is 29.1 Å². The Balaban J connectivity index is 2.08. The lowest BCUT2D eigenvalue weighted by Crippen LogP contribution is -2.38. The average molecular weight is 567 g/mol. The minimum Gasteiger partial charge on any atom is -0.507 e. The highest BCUT2D eigenvalue weighted by Gasteiger charge is 2.46. The molecule has 1 amide bonds. The summed E-state index contributed by atoms with van der Waals surface area (Å²) < 4.78 is 17.4. The molecule has 1 N–H and O–H groups in total. The molecule has 1 atom stereocenters. The summed E-state index contributed by atoms with van der Waals surface area (Å²) in [7, 11) is 1.57. The lowest BCUT2D eigenvalue weighted by Gasteiger charge is -2.28. The quantitative estimate of drug-likeness (QED) is 0.113. The van der Waals surface area contributed by atoms with Gasteiger partial charge in [-0.2, -0.15) is 0 Å². The van der Waals surface area contributed by atoms with Crippen LogP contribution in [0, 0.1) is 6.92 Å². The average Bonchev–Trinajstić information content (AvgIpc) is 3.23. The third kappa shape index (κ3) is 7.61. The number of rotatable bonds is 16. The summed E-state index contributed by atoms with van der Waals surface area (Å²) in [5.74, 6) is 0.311. The molecule has 1 saturated heterocycles. The SMILES string of the molecule is CCCCCOc1ccc(C2C(=C(O)c3ccc(OCCC)c(C)c3)C(=O)C(=O)N2CCN(CC)CC)cc1OC. The first kappa shape index (κ1) is 32.0. The molecule has 0 aliphatic carbocycles. The summed E-state index contributed by atoms with van der Waals surface area (Å²) >= 11 is 0. The summed E-state index contributed by atoms with van der Waals surface area (Å²) in [6, 6.07) is 9.99. The number of benzene rings is 2. The maximum atomic E-state index is 13.5. The van der Waals surface area contributed by atoms with Gasteiger partial charge in [0.1, 0.15) is 11.5 Å². The van der Waals surface area contributed by atoms with E-state index in [2.05, 4.69) is 25.7 Å². The van der Waals surface area contributed by atoms with E-state index in [-0.39, 0.29) is 11.3 Å². The van der Waals surface area contributed by atoms with Crippen molar-refractivity contribution in [3.05, 3.63) is 58.7 Å². The molecule has 8 nitrogen and oxygen atoms in total. The van der Waals surface area contributed by atoms with Gasteiger partial charge in [-0.15, -0.1) is 0 Å². The van der Waals surface area contributed by atoms with Gasteiger partial charge in [-0.05, 0) is 74.3 Å². The molecule has 0 spiro atoms. The van der Waals surface area contributed by atoms with Crippen LogP contribution in [0.4, 0.5) is 0 Å². The van der Waals surface area contributed by atoms with Crippen LogP contribution in [0.2, 0.25) is 0 Å². The van der Waals surface area contributed by atoms with E-state index in [0.717, 1.165) is 50.1 Å². The van der Waals surface area contributed by atoms with Crippen molar-refractivity contribution in [2.45, 2.75) is 66.3 Å². The first-order valence-corrected chi connectivity index (χ1v) is 14.9. The van der Waals surface area contributed by atoms with E-state index in [1.165, 1.54) is 0 Å². The van der Waals surface area contributed by atoms with Crippen LogP contribution < -0.4 is 14.2 Å². The van der Waals surface area contributed by atoms with E-state index in [4.69, 9.17) is 14.2 Å². The number of ether oxygens (including phenoxy) is 3. The molecule has 2 aromatic carbocycles. The Kier molecular flexibility index (Phi) is 12.1. The molecule has 8 heteroatoms. The zero-order chi connectivity index (χ0) is 29.9. The predicted molar refractivity (Wildman–Crippen MR) is 162 cm³/mol. The molecule has 0 aromatic heterocycles. The third-order valence-electron chi connectivity index (χ3n) is 7.51. The molecule has 3 rings (SSSR count). The lowest BCUT2D eigenvalue weighted by molar-refractivity contribution is -0.140. The Morgan fingerprint density at radius 3 is 2.24 bits per heavy atom. The Morgan fingerprint density at radius 2 is 1.61 bits per heavy atom. The first-order valence-electron chi connectivity index (χ1n) is 14.9. The maximum Gasteiger partial charge on any atom is 0.295 e. The fraction of sp³-hybridized carbons (Fsp3) is 0.515. The number of methoxy groups -OCH3 is 1. The van der Waals surface area contributed by atoms with Crippen molar-refractivity contribution in [3.63, 3.8) is 0 Å². The van der Waals surface area contributed by atoms with Crippen molar-refractivity contribution in [1.29, 1.82) is 0 Å². The smallest absolute Gasteiger partial charge is 0.295 e. The normalized spacial score (nSPS) is 16.5. The Labute approximate surface area is 244 Å². The molecule has 2 aromatic rings. The highest BCUT2D eigenvalue weighted by Crippen LogP contribution is 2.42. The number of carbonyl (C=O) groups excluding carboxylic acids is 2. The molecule has 0 saturated carbocycles. The zero-order valence-corrected chi connectivity index (χ0v) is 25.5. The summed E-state index contributed by atoms with van der Waals surface area (Å²) in [4.78, 5) is 30.7. The Bertz CT molecular complexity index is 1220. The van der Waals surface area contributed by atoms with Gasteiger partial charge >= 0.3 is 0 Å². The highest BCUT2D eigenvalue weighted by molar-refractivity contribution is 6.46. The first-order chi connectivity index (χ1) is 19.8. The summed E-state index contributed by atoms with van der Waals surface area (Å²) in [6.07, 6.45) is 3.99. The van der Waals surface area contributed by atoms with E-state index in [9.17, 15) is 14.7 Å². The number of aryl methyl sites for hydroxylation is 1. The fourth-order valence-corrected chi connectivity index (χ4v) is 5.08. The van der Waals surface area contributed by atoms with Crippen LogP contribution in [0.25, 0.3) is 5.76 Å². The minimum atomic E-state index is -0.773. The van der Waals surface area contributed by atoms with Crippen LogP contribution in [-0.2, 0) is 9.59 Å². The number of Topliss-reactive ketones (excluding diaryl/α,β-unsaturated/α-hetero) is 1. The summed E-state index contributed by atoms with van der Waals surface area (Å²) in [6.45, 7) is 14.0. The number of likely N-dealkylation sites (N-methyl/N-ethyl adjacent to an activating group) is 1. The van der Waals surface area contributed by atoms with Gasteiger partial charge in [0, 0.05) is 18.7 Å².